The highest BCUT2D eigenvalue weighted by Crippen LogP contribution is 2.39. The lowest BCUT2D eigenvalue weighted by Gasteiger charge is -2.39. The van der Waals surface area contributed by atoms with Crippen molar-refractivity contribution in [1.29, 1.82) is 0 Å². The minimum absolute atomic E-state index is 0.0120. The zero-order valence-electron chi connectivity index (χ0n) is 24.6. The maximum atomic E-state index is 13.4. The Balaban J connectivity index is 1.34. The number of aryl methyl sites for hydroxylation is 1. The number of nitrogens with one attached hydrogen (secondary N) is 1. The van der Waals surface area contributed by atoms with Crippen LogP contribution in [0.25, 0.3) is 10.6 Å². The molecule has 9 nitrogen and oxygen atoms in total. The minimum Gasteiger partial charge on any atom is -0.490 e. The van der Waals surface area contributed by atoms with Crippen LogP contribution in [0.1, 0.15) is 86.0 Å². The van der Waals surface area contributed by atoms with Crippen LogP contribution in [0.4, 0.5) is 18.0 Å². The number of carbonyl (C=O) groups excluding carboxylic acids is 2. The summed E-state index contributed by atoms with van der Waals surface area (Å²) in [5, 5.41) is 3.54. The van der Waals surface area contributed by atoms with E-state index < -0.39 is 29.6 Å². The number of carbonyl (C=O) groups is 2. The maximum Gasteiger partial charge on any atom is 0.451 e. The Labute approximate surface area is 251 Å². The molecule has 0 spiro atoms. The van der Waals surface area contributed by atoms with Crippen molar-refractivity contribution >= 4 is 23.3 Å². The largest absolute Gasteiger partial charge is 0.490 e. The van der Waals surface area contributed by atoms with Gasteiger partial charge in [-0.25, -0.2) is 19.7 Å². The van der Waals surface area contributed by atoms with Gasteiger partial charge in [0.15, 0.2) is 0 Å². The molecule has 3 aromatic rings. The molecule has 1 aromatic carbocycles. The number of amides is 2. The van der Waals surface area contributed by atoms with Crippen molar-refractivity contribution in [2.24, 2.45) is 0 Å². The molecule has 2 amide bonds. The van der Waals surface area contributed by atoms with E-state index in [9.17, 15) is 22.8 Å². The third-order valence-corrected chi connectivity index (χ3v) is 8.37. The van der Waals surface area contributed by atoms with Gasteiger partial charge in [-0.2, -0.15) is 13.2 Å². The number of nitrogens with zero attached hydrogens (tertiary/aromatic N) is 4. The quantitative estimate of drug-likeness (QED) is 0.327. The molecule has 2 fully saturated rings. The SMILES string of the molecule is Cc1cnc(-c2cc(OC3C[C@H]4CC[C@@H](C3)N4C(=O)OC(C)(C)C)cc(C(=O)N[C@H](C)c3cnc(C(F)(F)F)nc3)c2)s1. The number of hydrogen-bond acceptors (Lipinski definition) is 8. The van der Waals surface area contributed by atoms with Crippen molar-refractivity contribution < 1.29 is 32.2 Å². The molecule has 2 aliphatic rings. The zero-order chi connectivity index (χ0) is 31.1. The molecular weight excluding hydrogens is 583 g/mol. The van der Waals surface area contributed by atoms with E-state index in [-0.39, 0.29) is 24.3 Å². The first kappa shape index (κ1) is 30.7. The van der Waals surface area contributed by atoms with Gasteiger partial charge in [-0.1, -0.05) is 0 Å². The number of thiazole rings is 1. The minimum atomic E-state index is -4.65. The number of alkyl halides is 3. The van der Waals surface area contributed by atoms with E-state index in [1.54, 1.807) is 25.3 Å². The van der Waals surface area contributed by atoms with Crippen LogP contribution in [0.3, 0.4) is 0 Å². The van der Waals surface area contributed by atoms with Crippen LogP contribution in [0.2, 0.25) is 0 Å². The third-order valence-electron chi connectivity index (χ3n) is 7.41. The summed E-state index contributed by atoms with van der Waals surface area (Å²) in [5.41, 5.74) is 0.776. The molecule has 1 N–H and O–H groups in total. The number of piperidine rings is 1. The van der Waals surface area contributed by atoms with Crippen LogP contribution in [0, 0.1) is 6.92 Å². The van der Waals surface area contributed by atoms with E-state index in [0.29, 0.717) is 35.3 Å². The molecule has 2 saturated heterocycles. The first-order valence-corrected chi connectivity index (χ1v) is 14.9. The lowest BCUT2D eigenvalue weighted by molar-refractivity contribution is -0.145. The van der Waals surface area contributed by atoms with Gasteiger partial charge in [0, 0.05) is 65.1 Å². The van der Waals surface area contributed by atoms with Gasteiger partial charge in [-0.05, 0) is 65.7 Å². The van der Waals surface area contributed by atoms with E-state index in [4.69, 9.17) is 9.47 Å². The Morgan fingerprint density at radius 2 is 1.67 bits per heavy atom. The van der Waals surface area contributed by atoms with Crippen molar-refractivity contribution in [3.05, 3.63) is 58.6 Å². The fourth-order valence-corrected chi connectivity index (χ4v) is 6.26. The molecule has 4 heterocycles. The number of aromatic nitrogens is 3. The summed E-state index contributed by atoms with van der Waals surface area (Å²) >= 11 is 1.48. The Morgan fingerprint density at radius 3 is 2.23 bits per heavy atom. The summed E-state index contributed by atoms with van der Waals surface area (Å²) in [6.45, 7) is 9.14. The van der Waals surface area contributed by atoms with E-state index in [1.165, 1.54) is 11.3 Å². The van der Waals surface area contributed by atoms with Crippen LogP contribution >= 0.6 is 11.3 Å². The predicted octanol–water partition coefficient (Wildman–Crippen LogP) is 6.73. The highest BCUT2D eigenvalue weighted by atomic mass is 32.1. The number of fused-ring (bicyclic) bond motifs is 2. The van der Waals surface area contributed by atoms with Crippen molar-refractivity contribution in [2.75, 3.05) is 0 Å². The average molecular weight is 618 g/mol. The highest BCUT2D eigenvalue weighted by molar-refractivity contribution is 7.14. The van der Waals surface area contributed by atoms with E-state index in [0.717, 1.165) is 35.1 Å². The predicted molar refractivity (Wildman–Crippen MR) is 154 cm³/mol. The molecule has 0 radical (unpaired) electrons. The monoisotopic (exact) mass is 617 g/mol. The van der Waals surface area contributed by atoms with Gasteiger partial charge in [0.25, 0.3) is 5.91 Å². The Kier molecular flexibility index (Phi) is 8.39. The number of ether oxygens (including phenoxy) is 2. The van der Waals surface area contributed by atoms with Gasteiger partial charge >= 0.3 is 12.3 Å². The summed E-state index contributed by atoms with van der Waals surface area (Å²) in [7, 11) is 0. The number of hydrogen-bond donors (Lipinski definition) is 1. The Morgan fingerprint density at radius 1 is 1.02 bits per heavy atom. The van der Waals surface area contributed by atoms with Crippen LogP contribution in [0.15, 0.2) is 36.8 Å². The van der Waals surface area contributed by atoms with Crippen molar-refractivity contribution in [2.45, 2.75) is 96.3 Å². The molecule has 43 heavy (non-hydrogen) atoms. The third kappa shape index (κ3) is 7.26. The number of benzene rings is 1. The second-order valence-corrected chi connectivity index (χ2v) is 13.3. The van der Waals surface area contributed by atoms with Gasteiger partial charge in [-0.3, -0.25) is 4.79 Å². The van der Waals surface area contributed by atoms with Gasteiger partial charge < -0.3 is 19.7 Å². The van der Waals surface area contributed by atoms with Gasteiger partial charge in [0.05, 0.1) is 6.04 Å². The first-order valence-electron chi connectivity index (χ1n) is 14.1. The smallest absolute Gasteiger partial charge is 0.451 e. The van der Waals surface area contributed by atoms with Gasteiger partial charge in [-0.15, -0.1) is 11.3 Å². The fourth-order valence-electron chi connectivity index (χ4n) is 5.51. The molecule has 230 valence electrons. The topological polar surface area (TPSA) is 107 Å². The molecule has 2 bridgehead atoms. The Bertz CT molecular complexity index is 1470. The standard InChI is InChI=1S/C30H34F3N5O4S/c1-16-13-34-26(43-16)19-8-18(25(39)37-17(2)20-14-35-27(36-15-20)30(31,32)33)9-23(10-19)41-24-11-21-6-7-22(12-24)38(21)28(40)42-29(3,4)5/h8-10,13-15,17,21-22,24H,6-7,11-12H2,1-5H3,(H,37,39)/t17-,21-,22+,24?/m1/s1. The summed E-state index contributed by atoms with van der Waals surface area (Å²) in [5.74, 6) is -1.18. The second kappa shape index (κ2) is 11.7. The highest BCUT2D eigenvalue weighted by Gasteiger charge is 2.45. The van der Waals surface area contributed by atoms with Crippen LogP contribution in [-0.4, -0.2) is 55.6 Å². The van der Waals surface area contributed by atoms with Crippen molar-refractivity contribution in [3.63, 3.8) is 0 Å². The van der Waals surface area contributed by atoms with E-state index in [2.05, 4.69) is 20.3 Å². The van der Waals surface area contributed by atoms with Crippen LogP contribution in [-0.2, 0) is 10.9 Å². The maximum absolute atomic E-state index is 13.4. The lowest BCUT2D eigenvalue weighted by atomic mass is 10.00. The summed E-state index contributed by atoms with van der Waals surface area (Å²) < 4.78 is 50.7. The zero-order valence-corrected chi connectivity index (χ0v) is 25.4. The van der Waals surface area contributed by atoms with Gasteiger partial charge in [0.1, 0.15) is 22.5 Å². The lowest BCUT2D eigenvalue weighted by Crippen LogP contribution is -2.50. The average Bonchev–Trinajstić information content (AvgIpc) is 3.47. The summed E-state index contributed by atoms with van der Waals surface area (Å²) in [6.07, 6.45) is 1.79. The van der Waals surface area contributed by atoms with Crippen LogP contribution < -0.4 is 10.1 Å². The van der Waals surface area contributed by atoms with Crippen LogP contribution in [0.5, 0.6) is 5.75 Å². The molecule has 0 aliphatic carbocycles. The normalized spacial score (nSPS) is 20.9. The molecule has 0 saturated carbocycles. The van der Waals surface area contributed by atoms with E-state index in [1.807, 2.05) is 38.7 Å². The molecule has 2 aliphatic heterocycles. The van der Waals surface area contributed by atoms with E-state index >= 15 is 0 Å². The summed E-state index contributed by atoms with van der Waals surface area (Å²) in [6, 6.07) is 4.58. The number of rotatable bonds is 6. The molecule has 4 atom stereocenters. The first-order chi connectivity index (χ1) is 20.2. The fraction of sp³-hybridized carbons (Fsp3) is 0.500. The Hall–Kier alpha value is -3.74. The summed E-state index contributed by atoms with van der Waals surface area (Å²) in [4.78, 5) is 40.4. The number of halogens is 3. The molecule has 1 unspecified atom stereocenters. The molecular formula is C30H34F3N5O4S. The second-order valence-electron chi connectivity index (χ2n) is 12.0. The molecule has 2 aromatic heterocycles. The van der Waals surface area contributed by atoms with Gasteiger partial charge in [0.2, 0.25) is 5.82 Å². The van der Waals surface area contributed by atoms with Crippen molar-refractivity contribution in [3.8, 4) is 16.3 Å². The molecule has 5 rings (SSSR count). The molecule has 13 heteroatoms. The van der Waals surface area contributed by atoms with Crippen molar-refractivity contribution in [1.82, 2.24) is 25.2 Å².